The van der Waals surface area contributed by atoms with Gasteiger partial charge in [0.15, 0.2) is 0 Å². The van der Waals surface area contributed by atoms with Crippen LogP contribution in [0.5, 0.6) is 5.75 Å². The summed E-state index contributed by atoms with van der Waals surface area (Å²) in [5.74, 6) is -0.745. The fourth-order valence-electron chi connectivity index (χ4n) is 4.09. The number of hydrogen-bond donors (Lipinski definition) is 1. The van der Waals surface area contributed by atoms with Crippen LogP contribution in [0.15, 0.2) is 52.9 Å². The van der Waals surface area contributed by atoms with Crippen molar-refractivity contribution in [3.05, 3.63) is 60.0 Å². The number of nitrogens with zero attached hydrogens (tertiary/aromatic N) is 2. The number of carboxylic acid groups (broad SMARTS) is 1. The second kappa shape index (κ2) is 9.96. The van der Waals surface area contributed by atoms with Gasteiger partial charge in [0.2, 0.25) is 0 Å². The van der Waals surface area contributed by atoms with Gasteiger partial charge in [0, 0.05) is 34.9 Å². The first-order valence-electron chi connectivity index (χ1n) is 11.3. The standard InChI is InChI=1S/C25H27FN2O5S2/c1-4-10-27(35(31,32)25-16(2)21-15-19(26)5-8-23(21)34-25)12-13-33-20-6-7-22-18(14-20)9-11-28(22)17(3)24(29)30/h5-9,11,14-15,17H,4,10,12-13H2,1-3H3,(H,29,30). The number of ether oxygens (including phenoxy) is 1. The van der Waals surface area contributed by atoms with Crippen molar-refractivity contribution in [2.45, 2.75) is 37.4 Å². The van der Waals surface area contributed by atoms with E-state index >= 15 is 0 Å². The zero-order valence-corrected chi connectivity index (χ0v) is 21.3. The minimum Gasteiger partial charge on any atom is -0.492 e. The molecule has 0 aliphatic carbocycles. The largest absolute Gasteiger partial charge is 0.492 e. The summed E-state index contributed by atoms with van der Waals surface area (Å²) < 4.78 is 50.6. The maximum Gasteiger partial charge on any atom is 0.326 e. The summed E-state index contributed by atoms with van der Waals surface area (Å²) in [6.07, 6.45) is 2.36. The van der Waals surface area contributed by atoms with Crippen molar-refractivity contribution in [3.8, 4) is 5.75 Å². The quantitative estimate of drug-likeness (QED) is 0.302. The summed E-state index contributed by atoms with van der Waals surface area (Å²) in [7, 11) is -3.78. The van der Waals surface area contributed by atoms with Gasteiger partial charge in [-0.3, -0.25) is 0 Å². The number of thiophene rings is 1. The number of fused-ring (bicyclic) bond motifs is 2. The highest BCUT2D eigenvalue weighted by Gasteiger charge is 2.28. The number of aryl methyl sites for hydroxylation is 1. The number of halogens is 1. The molecule has 0 amide bonds. The second-order valence-corrected chi connectivity index (χ2v) is 11.6. The topological polar surface area (TPSA) is 88.8 Å². The molecule has 0 bridgehead atoms. The summed E-state index contributed by atoms with van der Waals surface area (Å²) in [6, 6.07) is 10.8. The Kier molecular flexibility index (Phi) is 7.16. The molecule has 2 aromatic heterocycles. The Labute approximate surface area is 207 Å². The maximum absolute atomic E-state index is 13.7. The molecule has 186 valence electrons. The minimum absolute atomic E-state index is 0.148. The lowest BCUT2D eigenvalue weighted by Gasteiger charge is -2.21. The Bertz CT molecular complexity index is 1490. The van der Waals surface area contributed by atoms with Gasteiger partial charge in [-0.25, -0.2) is 17.6 Å². The van der Waals surface area contributed by atoms with Crippen LogP contribution < -0.4 is 4.74 Å². The van der Waals surface area contributed by atoms with E-state index in [0.29, 0.717) is 29.7 Å². The number of carboxylic acids is 1. The molecule has 0 aliphatic heterocycles. The maximum atomic E-state index is 13.7. The van der Waals surface area contributed by atoms with Gasteiger partial charge < -0.3 is 14.4 Å². The average molecular weight is 519 g/mol. The van der Waals surface area contributed by atoms with Crippen molar-refractivity contribution in [1.82, 2.24) is 8.87 Å². The molecule has 0 aliphatic rings. The van der Waals surface area contributed by atoms with Gasteiger partial charge in [0.25, 0.3) is 10.0 Å². The minimum atomic E-state index is -3.78. The first-order chi connectivity index (χ1) is 16.6. The molecule has 1 unspecified atom stereocenters. The number of carbonyl (C=O) groups is 1. The van der Waals surface area contributed by atoms with E-state index < -0.39 is 27.9 Å². The predicted octanol–water partition coefficient (Wildman–Crippen LogP) is 5.43. The van der Waals surface area contributed by atoms with Crippen LogP contribution in [0.2, 0.25) is 0 Å². The molecule has 1 atom stereocenters. The zero-order chi connectivity index (χ0) is 25.3. The molecule has 2 aromatic carbocycles. The van der Waals surface area contributed by atoms with Crippen LogP contribution in [0.1, 0.15) is 31.9 Å². The Morgan fingerprint density at radius 1 is 1.20 bits per heavy atom. The lowest BCUT2D eigenvalue weighted by Crippen LogP contribution is -2.35. The summed E-state index contributed by atoms with van der Waals surface area (Å²) in [5.41, 5.74) is 1.33. The second-order valence-electron chi connectivity index (χ2n) is 8.37. The lowest BCUT2D eigenvalue weighted by molar-refractivity contribution is -0.140. The van der Waals surface area contributed by atoms with Crippen molar-refractivity contribution in [2.24, 2.45) is 0 Å². The molecule has 0 spiro atoms. The van der Waals surface area contributed by atoms with Gasteiger partial charge in [0.1, 0.15) is 28.4 Å². The highest BCUT2D eigenvalue weighted by Crippen LogP contribution is 2.36. The molecule has 7 nitrogen and oxygen atoms in total. The molecule has 1 N–H and O–H groups in total. The first-order valence-corrected chi connectivity index (χ1v) is 13.5. The third-order valence-corrected chi connectivity index (χ3v) is 9.75. The molecule has 0 saturated heterocycles. The summed E-state index contributed by atoms with van der Waals surface area (Å²) in [6.45, 7) is 5.88. The van der Waals surface area contributed by atoms with Gasteiger partial charge in [-0.15, -0.1) is 11.3 Å². The van der Waals surface area contributed by atoms with Crippen LogP contribution in [-0.4, -0.2) is 48.1 Å². The van der Waals surface area contributed by atoms with Gasteiger partial charge in [-0.05, 0) is 73.7 Å². The predicted molar refractivity (Wildman–Crippen MR) is 135 cm³/mol. The van der Waals surface area contributed by atoms with Gasteiger partial charge in [-0.1, -0.05) is 6.92 Å². The van der Waals surface area contributed by atoms with Crippen LogP contribution in [0, 0.1) is 12.7 Å². The summed E-state index contributed by atoms with van der Waals surface area (Å²) in [4.78, 5) is 11.3. The van der Waals surface area contributed by atoms with Gasteiger partial charge >= 0.3 is 5.97 Å². The molecule has 0 radical (unpaired) electrons. The van der Waals surface area contributed by atoms with Gasteiger partial charge in [0.05, 0.1) is 0 Å². The van der Waals surface area contributed by atoms with Crippen LogP contribution in [-0.2, 0) is 14.8 Å². The smallest absolute Gasteiger partial charge is 0.326 e. The van der Waals surface area contributed by atoms with Crippen LogP contribution in [0.4, 0.5) is 4.39 Å². The number of aliphatic carboxylic acids is 1. The van der Waals surface area contributed by atoms with E-state index in [9.17, 15) is 22.7 Å². The van der Waals surface area contributed by atoms with Crippen molar-refractivity contribution in [3.63, 3.8) is 0 Å². The summed E-state index contributed by atoms with van der Waals surface area (Å²) >= 11 is 1.15. The Balaban J connectivity index is 1.51. The van der Waals surface area contributed by atoms with E-state index in [1.165, 1.54) is 16.4 Å². The molecule has 4 rings (SSSR count). The number of aromatic nitrogens is 1. The van der Waals surface area contributed by atoms with Crippen molar-refractivity contribution in [1.29, 1.82) is 0 Å². The molecule has 0 saturated carbocycles. The number of hydrogen-bond acceptors (Lipinski definition) is 5. The van der Waals surface area contributed by atoms with E-state index in [4.69, 9.17) is 4.74 Å². The fraction of sp³-hybridized carbons (Fsp3) is 0.320. The molecule has 4 aromatic rings. The monoisotopic (exact) mass is 518 g/mol. The summed E-state index contributed by atoms with van der Waals surface area (Å²) in [5, 5.41) is 10.7. The van der Waals surface area contributed by atoms with E-state index in [1.807, 2.05) is 19.1 Å². The normalized spacial score (nSPS) is 13.1. The number of sulfonamides is 1. The van der Waals surface area contributed by atoms with Crippen LogP contribution in [0.25, 0.3) is 21.0 Å². The number of benzene rings is 2. The third kappa shape index (κ3) is 4.91. The molecular formula is C25H27FN2O5S2. The fourth-order valence-corrected chi connectivity index (χ4v) is 7.49. The highest BCUT2D eigenvalue weighted by molar-refractivity contribution is 7.91. The van der Waals surface area contributed by atoms with Crippen molar-refractivity contribution >= 4 is 48.3 Å². The van der Waals surface area contributed by atoms with Crippen molar-refractivity contribution in [2.75, 3.05) is 19.7 Å². The number of rotatable bonds is 10. The lowest BCUT2D eigenvalue weighted by atomic mass is 10.2. The Hall–Kier alpha value is -2.95. The molecule has 10 heteroatoms. The van der Waals surface area contributed by atoms with Crippen molar-refractivity contribution < 1.29 is 27.4 Å². The molecular weight excluding hydrogens is 491 g/mol. The van der Waals surface area contributed by atoms with E-state index in [0.717, 1.165) is 26.9 Å². The SMILES string of the molecule is CCCN(CCOc1ccc2c(ccn2C(C)C(=O)O)c1)S(=O)(=O)c1sc2ccc(F)cc2c1C. The first kappa shape index (κ1) is 25.2. The highest BCUT2D eigenvalue weighted by atomic mass is 32.2. The zero-order valence-electron chi connectivity index (χ0n) is 19.7. The van der Waals surface area contributed by atoms with Gasteiger partial charge in [-0.2, -0.15) is 4.31 Å². The van der Waals surface area contributed by atoms with Crippen LogP contribution in [0.3, 0.4) is 0 Å². The van der Waals surface area contributed by atoms with E-state index in [-0.39, 0.29) is 17.4 Å². The third-order valence-electron chi connectivity index (χ3n) is 5.98. The Morgan fingerprint density at radius 3 is 2.69 bits per heavy atom. The molecule has 2 heterocycles. The molecule has 0 fully saturated rings. The average Bonchev–Trinajstić information content (AvgIpc) is 3.39. The van der Waals surface area contributed by atoms with E-state index in [2.05, 4.69) is 0 Å². The van der Waals surface area contributed by atoms with E-state index in [1.54, 1.807) is 42.8 Å². The van der Waals surface area contributed by atoms with Crippen LogP contribution >= 0.6 is 11.3 Å². The Morgan fingerprint density at radius 2 is 1.97 bits per heavy atom. The molecule has 35 heavy (non-hydrogen) atoms.